The van der Waals surface area contributed by atoms with Crippen molar-refractivity contribution in [2.75, 3.05) is 5.32 Å². The zero-order valence-corrected chi connectivity index (χ0v) is 14.7. The van der Waals surface area contributed by atoms with Crippen LogP contribution in [0, 0.1) is 13.8 Å². The smallest absolute Gasteiger partial charge is 0.0541 e. The minimum Gasteiger partial charge on any atom is -0.354 e. The lowest BCUT2D eigenvalue weighted by atomic mass is 10.1. The molecular formula is C21H20N2S. The van der Waals surface area contributed by atoms with E-state index >= 15 is 0 Å². The summed E-state index contributed by atoms with van der Waals surface area (Å²) in [6, 6.07) is 24.7. The third-order valence-corrected chi connectivity index (χ3v) is 4.54. The highest BCUT2D eigenvalue weighted by molar-refractivity contribution is 7.98. The van der Waals surface area contributed by atoms with Gasteiger partial charge in [-0.15, -0.1) is 0 Å². The fourth-order valence-electron chi connectivity index (χ4n) is 2.48. The molecule has 0 radical (unpaired) electrons. The van der Waals surface area contributed by atoms with Gasteiger partial charge in [0.15, 0.2) is 0 Å². The number of nitrogens with one attached hydrogen (secondary N) is 1. The van der Waals surface area contributed by atoms with Crippen molar-refractivity contribution in [3.8, 4) is 0 Å². The van der Waals surface area contributed by atoms with Crippen molar-refractivity contribution >= 4 is 29.5 Å². The van der Waals surface area contributed by atoms with E-state index in [9.17, 15) is 0 Å². The summed E-state index contributed by atoms with van der Waals surface area (Å²) < 4.78 is 4.51. The molecule has 0 bridgehead atoms. The molecule has 0 saturated carbocycles. The fourth-order valence-corrected chi connectivity index (χ4v) is 3.12. The Morgan fingerprint density at radius 3 is 2.21 bits per heavy atom. The van der Waals surface area contributed by atoms with E-state index in [2.05, 4.69) is 53.9 Å². The maximum absolute atomic E-state index is 4.51. The van der Waals surface area contributed by atoms with Crippen LogP contribution >= 0.6 is 11.9 Å². The molecule has 2 nitrogen and oxygen atoms in total. The molecule has 3 aromatic rings. The van der Waals surface area contributed by atoms with Gasteiger partial charge in [0, 0.05) is 23.8 Å². The lowest BCUT2D eigenvalue weighted by Crippen LogP contribution is -1.97. The average molecular weight is 332 g/mol. The third-order valence-electron chi connectivity index (χ3n) is 3.78. The van der Waals surface area contributed by atoms with Crippen molar-refractivity contribution in [2.24, 2.45) is 4.40 Å². The van der Waals surface area contributed by atoms with E-state index in [1.54, 1.807) is 0 Å². The molecule has 1 N–H and O–H groups in total. The zero-order chi connectivity index (χ0) is 16.8. The first-order valence-corrected chi connectivity index (χ1v) is 8.69. The SMILES string of the molecule is Cc1cccc(C)c1Nc1ccccc1S/N=C\c1ccccc1. The first-order chi connectivity index (χ1) is 11.7. The van der Waals surface area contributed by atoms with Gasteiger partial charge in [0.25, 0.3) is 0 Å². The third kappa shape index (κ3) is 4.06. The predicted octanol–water partition coefficient (Wildman–Crippen LogP) is 6.17. The molecular weight excluding hydrogens is 312 g/mol. The predicted molar refractivity (Wildman–Crippen MR) is 106 cm³/mol. The normalized spacial score (nSPS) is 10.9. The second kappa shape index (κ2) is 7.84. The van der Waals surface area contributed by atoms with Gasteiger partial charge in [0.1, 0.15) is 0 Å². The molecule has 0 spiro atoms. The molecule has 0 saturated heterocycles. The molecule has 0 aliphatic carbocycles. The number of aryl methyl sites for hydroxylation is 2. The maximum atomic E-state index is 4.51. The van der Waals surface area contributed by atoms with Crippen LogP contribution in [0.3, 0.4) is 0 Å². The maximum Gasteiger partial charge on any atom is 0.0541 e. The number of anilines is 2. The van der Waals surface area contributed by atoms with E-state index < -0.39 is 0 Å². The van der Waals surface area contributed by atoms with Crippen LogP contribution in [0.1, 0.15) is 16.7 Å². The molecule has 3 rings (SSSR count). The van der Waals surface area contributed by atoms with Crippen LogP contribution in [-0.4, -0.2) is 6.21 Å². The van der Waals surface area contributed by atoms with Crippen molar-refractivity contribution in [1.82, 2.24) is 0 Å². The van der Waals surface area contributed by atoms with E-state index in [0.717, 1.165) is 21.8 Å². The van der Waals surface area contributed by atoms with E-state index in [1.807, 2.05) is 48.7 Å². The Balaban J connectivity index is 1.80. The molecule has 24 heavy (non-hydrogen) atoms. The quantitative estimate of drug-likeness (QED) is 0.446. The van der Waals surface area contributed by atoms with Crippen molar-refractivity contribution in [3.63, 3.8) is 0 Å². The van der Waals surface area contributed by atoms with Crippen molar-refractivity contribution in [3.05, 3.63) is 89.5 Å². The van der Waals surface area contributed by atoms with Gasteiger partial charge < -0.3 is 5.32 Å². The molecule has 0 aliphatic heterocycles. The molecule has 120 valence electrons. The Hall–Kier alpha value is -2.52. The van der Waals surface area contributed by atoms with E-state index in [0.29, 0.717) is 0 Å². The van der Waals surface area contributed by atoms with Crippen molar-refractivity contribution < 1.29 is 0 Å². The zero-order valence-electron chi connectivity index (χ0n) is 13.9. The topological polar surface area (TPSA) is 24.4 Å². The first-order valence-electron chi connectivity index (χ1n) is 7.92. The summed E-state index contributed by atoms with van der Waals surface area (Å²) in [4.78, 5) is 1.10. The van der Waals surface area contributed by atoms with Gasteiger partial charge >= 0.3 is 0 Å². The van der Waals surface area contributed by atoms with Crippen LogP contribution in [0.2, 0.25) is 0 Å². The Morgan fingerprint density at radius 1 is 0.792 bits per heavy atom. The highest BCUT2D eigenvalue weighted by Crippen LogP contribution is 2.32. The average Bonchev–Trinajstić information content (AvgIpc) is 2.60. The Kier molecular flexibility index (Phi) is 5.34. The summed E-state index contributed by atoms with van der Waals surface area (Å²) in [5.41, 5.74) is 5.82. The second-order valence-corrected chi connectivity index (χ2v) is 6.46. The molecule has 0 amide bonds. The van der Waals surface area contributed by atoms with E-state index in [1.165, 1.54) is 23.1 Å². The van der Waals surface area contributed by atoms with Gasteiger partial charge in [0.2, 0.25) is 0 Å². The van der Waals surface area contributed by atoms with E-state index in [-0.39, 0.29) is 0 Å². The molecule has 0 aliphatic rings. The van der Waals surface area contributed by atoms with Crippen LogP contribution in [0.4, 0.5) is 11.4 Å². The molecule has 3 aromatic carbocycles. The van der Waals surface area contributed by atoms with Gasteiger partial charge in [-0.25, -0.2) is 4.40 Å². The number of nitrogens with zero attached hydrogens (tertiary/aromatic N) is 1. The Labute approximate surface area is 147 Å². The monoisotopic (exact) mass is 332 g/mol. The summed E-state index contributed by atoms with van der Waals surface area (Å²) in [5.74, 6) is 0. The van der Waals surface area contributed by atoms with Crippen LogP contribution < -0.4 is 5.32 Å². The van der Waals surface area contributed by atoms with Gasteiger partial charge in [-0.1, -0.05) is 60.7 Å². The summed E-state index contributed by atoms with van der Waals surface area (Å²) >= 11 is 1.48. The van der Waals surface area contributed by atoms with Crippen LogP contribution in [0.25, 0.3) is 0 Å². The van der Waals surface area contributed by atoms with Gasteiger partial charge in [0.05, 0.1) is 10.6 Å². The molecule has 0 atom stereocenters. The summed E-state index contributed by atoms with van der Waals surface area (Å²) in [7, 11) is 0. The molecule has 0 fully saturated rings. The second-order valence-electron chi connectivity index (χ2n) is 5.62. The number of hydrogen-bond donors (Lipinski definition) is 1. The van der Waals surface area contributed by atoms with Crippen LogP contribution in [0.15, 0.2) is 82.1 Å². The summed E-state index contributed by atoms with van der Waals surface area (Å²) in [5, 5.41) is 3.56. The summed E-state index contributed by atoms with van der Waals surface area (Å²) in [6.45, 7) is 4.25. The molecule has 0 unspecified atom stereocenters. The van der Waals surface area contributed by atoms with Gasteiger partial charge in [-0.2, -0.15) is 0 Å². The lowest BCUT2D eigenvalue weighted by Gasteiger charge is -2.14. The molecule has 3 heteroatoms. The number of benzene rings is 3. The first kappa shape index (κ1) is 16.3. The standard InChI is InChI=1S/C21H20N2S/c1-16-9-8-10-17(2)21(16)23-19-13-6-7-14-20(19)24-22-15-18-11-4-3-5-12-18/h3-15,23H,1-2H3/b22-15-. The lowest BCUT2D eigenvalue weighted by molar-refractivity contribution is 1.33. The number of hydrogen-bond acceptors (Lipinski definition) is 3. The minimum absolute atomic E-state index is 1.07. The highest BCUT2D eigenvalue weighted by atomic mass is 32.2. The Bertz CT molecular complexity index is 821. The van der Waals surface area contributed by atoms with Gasteiger partial charge in [-0.3, -0.25) is 0 Å². The molecule has 0 aromatic heterocycles. The number of rotatable bonds is 5. The van der Waals surface area contributed by atoms with Crippen molar-refractivity contribution in [2.45, 2.75) is 18.7 Å². The van der Waals surface area contributed by atoms with Crippen LogP contribution in [0.5, 0.6) is 0 Å². The fraction of sp³-hybridized carbons (Fsp3) is 0.0952. The largest absolute Gasteiger partial charge is 0.354 e. The van der Waals surface area contributed by atoms with E-state index in [4.69, 9.17) is 0 Å². The molecule has 0 heterocycles. The minimum atomic E-state index is 1.07. The van der Waals surface area contributed by atoms with Crippen LogP contribution in [-0.2, 0) is 0 Å². The number of para-hydroxylation sites is 2. The summed E-state index contributed by atoms with van der Waals surface area (Å²) in [6.07, 6.45) is 1.89. The Morgan fingerprint density at radius 2 is 1.46 bits per heavy atom. The van der Waals surface area contributed by atoms with Crippen molar-refractivity contribution in [1.29, 1.82) is 0 Å². The highest BCUT2D eigenvalue weighted by Gasteiger charge is 2.06. The van der Waals surface area contributed by atoms with Gasteiger partial charge in [-0.05, 0) is 42.7 Å².